The predicted octanol–water partition coefficient (Wildman–Crippen LogP) is 13.4. The molecular formula is C59H61Cl3N16O5. The molecule has 6 aromatic heterocycles. The summed E-state index contributed by atoms with van der Waals surface area (Å²) >= 11 is 18.0. The molecule has 6 heterocycles. The van der Waals surface area contributed by atoms with E-state index in [1.54, 1.807) is 82.0 Å². The molecule has 24 heteroatoms. The topological polar surface area (TPSA) is 314 Å². The van der Waals surface area contributed by atoms with E-state index < -0.39 is 0 Å². The number of hydrogen-bond donors (Lipinski definition) is 5. The van der Waals surface area contributed by atoms with Crippen LogP contribution in [0, 0.1) is 20.8 Å². The average Bonchev–Trinajstić information content (AvgIpc) is 4.47. The van der Waals surface area contributed by atoms with Gasteiger partial charge in [0.05, 0.1) is 40.1 Å². The Bertz CT molecular complexity index is 4020. The molecule has 21 nitrogen and oxygen atoms in total. The Labute approximate surface area is 493 Å². The van der Waals surface area contributed by atoms with Crippen LogP contribution in [-0.2, 0) is 12.1 Å². The van der Waals surface area contributed by atoms with Crippen LogP contribution in [0.2, 0.25) is 15.1 Å². The molecule has 83 heavy (non-hydrogen) atoms. The largest absolute Gasteiger partial charge is 0.397 e. The molecule has 0 amide bonds. The SMILES string of the molecule is C.CC(C)(C)Nc1ccc(-c2cnc(N)nc2)cc1N.Cc1noc(-c2cc(Cl)ccc2-c2nc3cc(-c4cnc(N)nc4)ccc3n2C(C)(C)C)n1.Cc1noc(-c2cc(Cl)ccc2C=O)n1.Cc1noc(-c2cc(Cl)ccc2CO)n1. The molecular weight excluding hydrogens is 1120 g/mol. The first-order valence-electron chi connectivity index (χ1n) is 25.2. The number of halogens is 3. The van der Waals surface area contributed by atoms with Crippen molar-refractivity contribution < 1.29 is 23.5 Å². The first-order valence-corrected chi connectivity index (χ1v) is 26.3. The molecule has 8 N–H and O–H groups in total. The van der Waals surface area contributed by atoms with Crippen molar-refractivity contribution in [1.82, 2.24) is 59.9 Å². The summed E-state index contributed by atoms with van der Waals surface area (Å²) in [6.45, 7) is 17.8. The molecule has 0 fully saturated rings. The number of aromatic nitrogens is 12. The zero-order valence-corrected chi connectivity index (χ0v) is 48.3. The minimum absolute atomic E-state index is 0. The third kappa shape index (κ3) is 15.4. The molecule has 0 spiro atoms. The monoisotopic (exact) mass is 1180 g/mol. The van der Waals surface area contributed by atoms with Gasteiger partial charge in [0.15, 0.2) is 23.8 Å². The fourth-order valence-electron chi connectivity index (χ4n) is 8.16. The quantitative estimate of drug-likeness (QED) is 0.0662. The smallest absolute Gasteiger partial charge is 0.258 e. The summed E-state index contributed by atoms with van der Waals surface area (Å²) in [4.78, 5) is 44.5. The highest BCUT2D eigenvalue weighted by Crippen LogP contribution is 2.39. The highest BCUT2D eigenvalue weighted by molar-refractivity contribution is 6.31. The van der Waals surface area contributed by atoms with E-state index in [9.17, 15) is 4.79 Å². The number of carbonyl (C=O) groups is 1. The number of carbonyl (C=O) groups excluding carboxylic acids is 1. The van der Waals surface area contributed by atoms with Crippen molar-refractivity contribution in [2.75, 3.05) is 22.5 Å². The Hall–Kier alpha value is -9.15. The Balaban J connectivity index is 0.000000169. The maximum atomic E-state index is 10.8. The van der Waals surface area contributed by atoms with Gasteiger partial charge in [-0.2, -0.15) is 15.0 Å². The number of nitrogens with two attached hydrogens (primary N) is 3. The number of aliphatic hydroxyl groups is 1. The number of nitrogens with zero attached hydrogens (tertiary/aromatic N) is 12. The average molecular weight is 1180 g/mol. The van der Waals surface area contributed by atoms with Crippen molar-refractivity contribution in [3.8, 4) is 68.0 Å². The molecule has 0 unspecified atom stereocenters. The van der Waals surface area contributed by atoms with Crippen LogP contribution in [0.3, 0.4) is 0 Å². The van der Waals surface area contributed by atoms with Gasteiger partial charge in [-0.25, -0.2) is 24.9 Å². The molecule has 0 atom stereocenters. The highest BCUT2D eigenvalue weighted by Gasteiger charge is 2.26. The van der Waals surface area contributed by atoms with Crippen LogP contribution in [0.15, 0.2) is 129 Å². The summed E-state index contributed by atoms with van der Waals surface area (Å²) in [6.07, 6.45) is 7.52. The molecule has 0 radical (unpaired) electrons. The van der Waals surface area contributed by atoms with Crippen molar-refractivity contribution in [2.24, 2.45) is 0 Å². The lowest BCUT2D eigenvalue weighted by atomic mass is 10.0. The normalized spacial score (nSPS) is 11.1. The van der Waals surface area contributed by atoms with E-state index in [-0.39, 0.29) is 37.0 Å². The molecule has 11 aromatic rings. The van der Waals surface area contributed by atoms with Gasteiger partial charge in [0.2, 0.25) is 11.9 Å². The number of imidazole rings is 1. The molecule has 0 aliphatic rings. The summed E-state index contributed by atoms with van der Waals surface area (Å²) in [7, 11) is 0. The van der Waals surface area contributed by atoms with E-state index >= 15 is 0 Å². The van der Waals surface area contributed by atoms with Crippen LogP contribution in [-0.4, -0.2) is 76.8 Å². The summed E-state index contributed by atoms with van der Waals surface area (Å²) in [6, 6.07) is 27.6. The molecule has 0 aliphatic heterocycles. The number of hydrogen-bond acceptors (Lipinski definition) is 20. The summed E-state index contributed by atoms with van der Waals surface area (Å²) in [5.41, 5.74) is 28.0. The second-order valence-electron chi connectivity index (χ2n) is 20.4. The van der Waals surface area contributed by atoms with E-state index in [4.69, 9.17) is 75.7 Å². The maximum absolute atomic E-state index is 10.8. The van der Waals surface area contributed by atoms with Gasteiger partial charge in [-0.3, -0.25) is 4.79 Å². The van der Waals surface area contributed by atoms with Gasteiger partial charge in [-0.05, 0) is 152 Å². The van der Waals surface area contributed by atoms with Gasteiger partial charge < -0.3 is 45.8 Å². The molecule has 0 saturated carbocycles. The van der Waals surface area contributed by atoms with Crippen molar-refractivity contribution in [2.45, 2.75) is 87.4 Å². The maximum Gasteiger partial charge on any atom is 0.258 e. The van der Waals surface area contributed by atoms with Crippen molar-refractivity contribution in [3.63, 3.8) is 0 Å². The fourth-order valence-corrected chi connectivity index (χ4v) is 8.68. The van der Waals surface area contributed by atoms with Crippen molar-refractivity contribution in [3.05, 3.63) is 159 Å². The number of aldehydes is 1. The lowest BCUT2D eigenvalue weighted by molar-refractivity contribution is 0.112. The van der Waals surface area contributed by atoms with Gasteiger partial charge in [-0.1, -0.05) is 75.9 Å². The summed E-state index contributed by atoms with van der Waals surface area (Å²) in [5.74, 6) is 3.98. The molecule has 0 saturated heterocycles. The summed E-state index contributed by atoms with van der Waals surface area (Å²) < 4.78 is 17.7. The van der Waals surface area contributed by atoms with Crippen molar-refractivity contribution >= 4 is 75.4 Å². The number of benzene rings is 5. The zero-order chi connectivity index (χ0) is 59.0. The van der Waals surface area contributed by atoms with E-state index in [1.807, 2.05) is 48.5 Å². The van der Waals surface area contributed by atoms with Gasteiger partial charge in [0, 0.05) is 78.8 Å². The van der Waals surface area contributed by atoms with E-state index in [2.05, 4.69) is 108 Å². The van der Waals surface area contributed by atoms with Crippen LogP contribution < -0.4 is 22.5 Å². The van der Waals surface area contributed by atoms with Gasteiger partial charge in [0.25, 0.3) is 17.7 Å². The number of rotatable bonds is 9. The molecule has 0 bridgehead atoms. The van der Waals surface area contributed by atoms with Crippen molar-refractivity contribution in [1.29, 1.82) is 0 Å². The molecule has 11 rings (SSSR count). The van der Waals surface area contributed by atoms with Crippen LogP contribution in [0.1, 0.15) is 82.4 Å². The number of fused-ring (bicyclic) bond motifs is 1. The zero-order valence-electron chi connectivity index (χ0n) is 46.1. The van der Waals surface area contributed by atoms with Gasteiger partial charge >= 0.3 is 0 Å². The Morgan fingerprint density at radius 2 is 1.04 bits per heavy atom. The van der Waals surface area contributed by atoms with E-state index in [0.29, 0.717) is 78.2 Å². The number of aryl methyl sites for hydroxylation is 3. The second kappa shape index (κ2) is 26.2. The third-order valence-corrected chi connectivity index (χ3v) is 12.5. The van der Waals surface area contributed by atoms with Crippen LogP contribution in [0.4, 0.5) is 23.3 Å². The fraction of sp³-hybridized carbons (Fsp3) is 0.220. The third-order valence-electron chi connectivity index (χ3n) is 11.8. The van der Waals surface area contributed by atoms with E-state index in [0.717, 1.165) is 62.2 Å². The molecule has 0 aliphatic carbocycles. The molecule has 428 valence electrons. The Morgan fingerprint density at radius 1 is 0.566 bits per heavy atom. The van der Waals surface area contributed by atoms with Crippen LogP contribution in [0.5, 0.6) is 0 Å². The van der Waals surface area contributed by atoms with E-state index in [1.165, 1.54) is 0 Å². The van der Waals surface area contributed by atoms with Gasteiger partial charge in [0.1, 0.15) is 5.82 Å². The minimum Gasteiger partial charge on any atom is -0.397 e. The van der Waals surface area contributed by atoms with Crippen LogP contribution in [0.25, 0.3) is 79.0 Å². The second-order valence-corrected chi connectivity index (χ2v) is 21.7. The van der Waals surface area contributed by atoms with Crippen LogP contribution >= 0.6 is 34.8 Å². The summed E-state index contributed by atoms with van der Waals surface area (Å²) in [5, 5.41) is 25.5. The Kier molecular flexibility index (Phi) is 19.4. The number of nitrogen functional groups attached to an aromatic ring is 3. The lowest BCUT2D eigenvalue weighted by Gasteiger charge is -2.25. The Morgan fingerprint density at radius 3 is 1.52 bits per heavy atom. The number of nitrogens with one attached hydrogen (secondary N) is 1. The number of aliphatic hydroxyl groups excluding tert-OH is 1. The molecule has 5 aromatic carbocycles. The minimum atomic E-state index is -0.252. The van der Waals surface area contributed by atoms with Gasteiger partial charge in [-0.15, -0.1) is 0 Å². The predicted molar refractivity (Wildman–Crippen MR) is 325 cm³/mol. The first-order chi connectivity index (χ1) is 39.0. The number of anilines is 4. The standard InChI is InChI=1S/C24H22ClN7O.C14H19N5.C10H9ClN2O2.C10H7ClN2O2.CH4/c1-13-29-22(33-31-13)18-10-16(25)6-7-17(18)21-30-19-9-14(15-11-27-23(26)28-12-15)5-8-20(19)32(21)24(2,3)4;1-14(2,3)19-12-5-4-9(6-11(12)15)10-7-17-13(16)18-8-10;2*1-6-12-10(15-13-6)9-4-8(11)3-2-7(9)5-14;/h5-12H,1-4H3,(H2,26,27,28);4-8,19H,15H2,1-3H3,(H2,16,17,18);2-4,14H,5H2,1H3;2-5H,1H3;1H4. The lowest BCUT2D eigenvalue weighted by Crippen LogP contribution is -2.26. The highest BCUT2D eigenvalue weighted by atomic mass is 35.5. The first kappa shape index (κ1) is 61.5.